The summed E-state index contributed by atoms with van der Waals surface area (Å²) in [5, 5.41) is 7.99. The van der Waals surface area contributed by atoms with Crippen LogP contribution in [-0.4, -0.2) is 22.9 Å². The van der Waals surface area contributed by atoms with Crippen LogP contribution in [-0.2, 0) is 13.5 Å². The van der Waals surface area contributed by atoms with Crippen molar-refractivity contribution in [3.8, 4) is 0 Å². The molecule has 0 bridgehead atoms. The summed E-state index contributed by atoms with van der Waals surface area (Å²) in [7, 11) is 4.13. The molecule has 1 rings (SSSR count). The molecular weight excluding hydrogens is 234 g/mol. The van der Waals surface area contributed by atoms with Crippen LogP contribution >= 0.6 is 0 Å². The maximum Gasteiger partial charge on any atom is 0.0628 e. The van der Waals surface area contributed by atoms with Gasteiger partial charge in [0.15, 0.2) is 0 Å². The van der Waals surface area contributed by atoms with Crippen LogP contribution in [0.5, 0.6) is 0 Å². The number of hydrogen-bond acceptors (Lipinski definition) is 2. The first-order chi connectivity index (χ1) is 9.03. The molecule has 3 nitrogen and oxygen atoms in total. The number of aryl methyl sites for hydroxylation is 2. The fourth-order valence-corrected chi connectivity index (χ4v) is 2.90. The molecule has 19 heavy (non-hydrogen) atoms. The van der Waals surface area contributed by atoms with E-state index in [0.717, 1.165) is 12.3 Å². The topological polar surface area (TPSA) is 29.9 Å². The van der Waals surface area contributed by atoms with Gasteiger partial charge in [-0.2, -0.15) is 5.10 Å². The molecule has 110 valence electrons. The van der Waals surface area contributed by atoms with Gasteiger partial charge in [-0.05, 0) is 51.6 Å². The van der Waals surface area contributed by atoms with Crippen LogP contribution in [0.3, 0.4) is 0 Å². The zero-order valence-corrected chi connectivity index (χ0v) is 13.6. The van der Waals surface area contributed by atoms with E-state index in [1.165, 1.54) is 42.6 Å². The molecule has 0 spiro atoms. The Morgan fingerprint density at radius 3 is 2.26 bits per heavy atom. The summed E-state index contributed by atoms with van der Waals surface area (Å²) >= 11 is 0. The third-order valence-corrected chi connectivity index (χ3v) is 4.58. The second kappa shape index (κ2) is 7.68. The first-order valence-electron chi connectivity index (χ1n) is 7.69. The minimum Gasteiger partial charge on any atom is -0.317 e. The van der Waals surface area contributed by atoms with Crippen LogP contribution in [0.15, 0.2) is 0 Å². The Bertz CT molecular complexity index is 378. The molecule has 1 aromatic heterocycles. The Morgan fingerprint density at radius 2 is 1.84 bits per heavy atom. The fourth-order valence-electron chi connectivity index (χ4n) is 2.90. The van der Waals surface area contributed by atoms with Gasteiger partial charge >= 0.3 is 0 Å². The Labute approximate surface area is 118 Å². The summed E-state index contributed by atoms with van der Waals surface area (Å²) in [5.41, 5.74) is 3.94. The first kappa shape index (κ1) is 16.2. The minimum atomic E-state index is 0.629. The van der Waals surface area contributed by atoms with Gasteiger partial charge in [-0.25, -0.2) is 0 Å². The van der Waals surface area contributed by atoms with Crippen molar-refractivity contribution in [3.63, 3.8) is 0 Å². The summed E-state index contributed by atoms with van der Waals surface area (Å²) in [6.45, 7) is 8.90. The predicted octanol–water partition coefficient (Wildman–Crippen LogP) is 3.38. The lowest BCUT2D eigenvalue weighted by Crippen LogP contribution is -2.28. The van der Waals surface area contributed by atoms with Gasteiger partial charge in [0.05, 0.1) is 5.69 Å². The number of nitrogens with one attached hydrogen (secondary N) is 1. The van der Waals surface area contributed by atoms with E-state index in [4.69, 9.17) is 0 Å². The van der Waals surface area contributed by atoms with Crippen molar-refractivity contribution in [2.45, 2.75) is 65.8 Å². The summed E-state index contributed by atoms with van der Waals surface area (Å²) < 4.78 is 2.00. The van der Waals surface area contributed by atoms with Crippen molar-refractivity contribution in [1.29, 1.82) is 0 Å². The first-order valence-corrected chi connectivity index (χ1v) is 7.69. The van der Waals surface area contributed by atoms with E-state index in [2.05, 4.69) is 45.2 Å². The van der Waals surface area contributed by atoms with Crippen LogP contribution in [0.2, 0.25) is 0 Å². The monoisotopic (exact) mass is 265 g/mol. The summed E-state index contributed by atoms with van der Waals surface area (Å²) in [6.07, 6.45) is 6.22. The molecule has 3 heteroatoms. The van der Waals surface area contributed by atoms with Crippen molar-refractivity contribution in [1.82, 2.24) is 15.1 Å². The van der Waals surface area contributed by atoms with Crippen molar-refractivity contribution in [2.24, 2.45) is 13.0 Å². The van der Waals surface area contributed by atoms with E-state index in [1.54, 1.807) is 0 Å². The molecule has 1 N–H and O–H groups in total. The molecule has 0 aliphatic heterocycles. The quantitative estimate of drug-likeness (QED) is 0.781. The van der Waals surface area contributed by atoms with Gasteiger partial charge in [0.25, 0.3) is 0 Å². The smallest absolute Gasteiger partial charge is 0.0628 e. The molecule has 0 aromatic carbocycles. The zero-order chi connectivity index (χ0) is 14.4. The Balaban J connectivity index is 2.57. The largest absolute Gasteiger partial charge is 0.317 e. The number of aromatic nitrogens is 2. The number of nitrogens with zero attached hydrogens (tertiary/aromatic N) is 2. The fraction of sp³-hybridized carbons (Fsp3) is 0.812. The number of rotatable bonds is 8. The van der Waals surface area contributed by atoms with E-state index >= 15 is 0 Å². The normalized spacial score (nSPS) is 13.2. The summed E-state index contributed by atoms with van der Waals surface area (Å²) in [4.78, 5) is 0. The third kappa shape index (κ3) is 4.34. The van der Waals surface area contributed by atoms with E-state index < -0.39 is 0 Å². The van der Waals surface area contributed by atoms with Crippen molar-refractivity contribution in [3.05, 3.63) is 17.0 Å². The lowest BCUT2D eigenvalue weighted by Gasteiger charge is -2.21. The summed E-state index contributed by atoms with van der Waals surface area (Å²) in [6, 6.07) is 0.629. The molecule has 0 saturated heterocycles. The van der Waals surface area contributed by atoms with Gasteiger partial charge < -0.3 is 5.32 Å². The maximum atomic E-state index is 4.50. The minimum absolute atomic E-state index is 0.629. The van der Waals surface area contributed by atoms with Crippen molar-refractivity contribution < 1.29 is 0 Å². The number of hydrogen-bond donors (Lipinski definition) is 1. The maximum absolute atomic E-state index is 4.50. The Kier molecular flexibility index (Phi) is 6.56. The highest BCUT2D eigenvalue weighted by atomic mass is 15.3. The van der Waals surface area contributed by atoms with Gasteiger partial charge in [0, 0.05) is 18.8 Å². The molecule has 1 atom stereocenters. The molecule has 0 aliphatic carbocycles. The zero-order valence-electron chi connectivity index (χ0n) is 13.6. The molecular formula is C16H31N3. The van der Waals surface area contributed by atoms with Crippen LogP contribution in [0.1, 0.15) is 56.5 Å². The van der Waals surface area contributed by atoms with Crippen LogP contribution < -0.4 is 5.32 Å². The second-order valence-corrected chi connectivity index (χ2v) is 5.72. The average Bonchev–Trinajstić information content (AvgIpc) is 2.65. The van der Waals surface area contributed by atoms with Crippen LogP contribution in [0.4, 0.5) is 0 Å². The molecule has 0 aliphatic rings. The Hall–Kier alpha value is -0.830. The van der Waals surface area contributed by atoms with Gasteiger partial charge in [0.1, 0.15) is 0 Å². The van der Waals surface area contributed by atoms with Crippen molar-refractivity contribution >= 4 is 0 Å². The standard InChI is InChI=1S/C16H31N3/c1-7-14(8-2)11-15(17-5)9-10-16-12(3)18-19(6)13(16)4/h14-15,17H,7-11H2,1-6H3. The SMILES string of the molecule is CCC(CC)CC(CCc1c(C)nn(C)c1C)NC. The molecule has 1 unspecified atom stereocenters. The summed E-state index contributed by atoms with van der Waals surface area (Å²) in [5.74, 6) is 0.855. The Morgan fingerprint density at radius 1 is 1.21 bits per heavy atom. The molecule has 1 heterocycles. The van der Waals surface area contributed by atoms with Crippen LogP contribution in [0.25, 0.3) is 0 Å². The van der Waals surface area contributed by atoms with E-state index in [0.29, 0.717) is 6.04 Å². The second-order valence-electron chi connectivity index (χ2n) is 5.72. The van der Waals surface area contributed by atoms with Gasteiger partial charge in [-0.15, -0.1) is 0 Å². The highest BCUT2D eigenvalue weighted by Gasteiger charge is 2.15. The predicted molar refractivity (Wildman–Crippen MR) is 82.5 cm³/mol. The lowest BCUT2D eigenvalue weighted by atomic mass is 9.91. The highest BCUT2D eigenvalue weighted by Crippen LogP contribution is 2.20. The van der Waals surface area contributed by atoms with E-state index in [9.17, 15) is 0 Å². The lowest BCUT2D eigenvalue weighted by molar-refractivity contribution is 0.365. The van der Waals surface area contributed by atoms with E-state index in [-0.39, 0.29) is 0 Å². The molecule has 0 saturated carbocycles. The van der Waals surface area contributed by atoms with E-state index in [1.807, 2.05) is 11.7 Å². The average molecular weight is 265 g/mol. The molecule has 0 radical (unpaired) electrons. The molecule has 0 fully saturated rings. The molecule has 0 amide bonds. The molecule has 1 aromatic rings. The van der Waals surface area contributed by atoms with Crippen LogP contribution in [0, 0.1) is 19.8 Å². The highest BCUT2D eigenvalue weighted by molar-refractivity contribution is 5.24. The van der Waals surface area contributed by atoms with Gasteiger partial charge in [-0.1, -0.05) is 26.7 Å². The van der Waals surface area contributed by atoms with Gasteiger partial charge in [-0.3, -0.25) is 4.68 Å². The van der Waals surface area contributed by atoms with Crippen molar-refractivity contribution in [2.75, 3.05) is 7.05 Å². The third-order valence-electron chi connectivity index (χ3n) is 4.58. The van der Waals surface area contributed by atoms with Gasteiger partial charge in [0.2, 0.25) is 0 Å².